The summed E-state index contributed by atoms with van der Waals surface area (Å²) in [7, 11) is 0. The van der Waals surface area contributed by atoms with Gasteiger partial charge in [-0.3, -0.25) is 0 Å². The van der Waals surface area contributed by atoms with Gasteiger partial charge >= 0.3 is 0 Å². The van der Waals surface area contributed by atoms with Gasteiger partial charge in [-0.2, -0.15) is 0 Å². The van der Waals surface area contributed by atoms with E-state index in [-0.39, 0.29) is 0 Å². The molecular formula is C13H26O. The summed E-state index contributed by atoms with van der Waals surface area (Å²) in [6.07, 6.45) is 9.51. The fraction of sp³-hybridized carbons (Fsp3) is 1.00. The van der Waals surface area contributed by atoms with E-state index in [2.05, 4.69) is 13.8 Å². The van der Waals surface area contributed by atoms with Crippen molar-refractivity contribution in [2.75, 3.05) is 13.2 Å². The highest BCUT2D eigenvalue weighted by Crippen LogP contribution is 2.32. The Morgan fingerprint density at radius 2 is 1.86 bits per heavy atom. The summed E-state index contributed by atoms with van der Waals surface area (Å²) >= 11 is 0. The Morgan fingerprint density at radius 3 is 2.50 bits per heavy atom. The van der Waals surface area contributed by atoms with Crippen LogP contribution in [0.2, 0.25) is 0 Å². The molecule has 0 bridgehead atoms. The van der Waals surface area contributed by atoms with E-state index in [1.165, 1.54) is 44.9 Å². The summed E-state index contributed by atoms with van der Waals surface area (Å²) in [6, 6.07) is 0. The number of unbranched alkanes of at least 4 members (excludes halogenated alkanes) is 2. The van der Waals surface area contributed by atoms with E-state index in [1.807, 2.05) is 0 Å². The van der Waals surface area contributed by atoms with Crippen molar-refractivity contribution >= 4 is 0 Å². The van der Waals surface area contributed by atoms with E-state index < -0.39 is 0 Å². The molecular weight excluding hydrogens is 172 g/mol. The summed E-state index contributed by atoms with van der Waals surface area (Å²) in [5, 5.41) is 0. The van der Waals surface area contributed by atoms with Gasteiger partial charge < -0.3 is 4.74 Å². The summed E-state index contributed by atoms with van der Waals surface area (Å²) < 4.78 is 5.71. The highest BCUT2D eigenvalue weighted by Gasteiger charge is 2.22. The first-order chi connectivity index (χ1) is 6.86. The summed E-state index contributed by atoms with van der Waals surface area (Å²) in [5.41, 5.74) is 0. The van der Waals surface area contributed by atoms with Crippen molar-refractivity contribution in [1.29, 1.82) is 0 Å². The lowest BCUT2D eigenvalue weighted by atomic mass is 10.0. The van der Waals surface area contributed by atoms with Gasteiger partial charge in [0.25, 0.3) is 0 Å². The van der Waals surface area contributed by atoms with Crippen molar-refractivity contribution in [1.82, 2.24) is 0 Å². The Labute approximate surface area is 89.2 Å². The third-order valence-corrected chi connectivity index (χ3v) is 3.47. The van der Waals surface area contributed by atoms with Crippen LogP contribution in [-0.2, 0) is 4.74 Å². The van der Waals surface area contributed by atoms with Crippen LogP contribution in [0.5, 0.6) is 0 Å². The highest BCUT2D eigenvalue weighted by molar-refractivity contribution is 4.74. The third kappa shape index (κ3) is 4.45. The van der Waals surface area contributed by atoms with Crippen LogP contribution in [-0.4, -0.2) is 13.2 Å². The second-order valence-corrected chi connectivity index (χ2v) is 4.74. The Kier molecular flexibility index (Phi) is 6.25. The second-order valence-electron chi connectivity index (χ2n) is 4.74. The molecule has 1 saturated carbocycles. The van der Waals surface area contributed by atoms with Crippen LogP contribution < -0.4 is 0 Å². The first kappa shape index (κ1) is 12.0. The predicted octanol–water partition coefficient (Wildman–Crippen LogP) is 4.02. The molecule has 0 aromatic rings. The molecule has 2 unspecified atom stereocenters. The molecule has 0 radical (unpaired) electrons. The van der Waals surface area contributed by atoms with Gasteiger partial charge in [-0.15, -0.1) is 0 Å². The normalized spacial score (nSPS) is 27.0. The number of rotatable bonds is 7. The number of hydrogen-bond donors (Lipinski definition) is 0. The van der Waals surface area contributed by atoms with Gasteiger partial charge in [0.1, 0.15) is 0 Å². The van der Waals surface area contributed by atoms with Crippen LogP contribution in [0.4, 0.5) is 0 Å². The average molecular weight is 198 g/mol. The lowest BCUT2D eigenvalue weighted by molar-refractivity contribution is 0.0967. The fourth-order valence-corrected chi connectivity index (χ4v) is 2.40. The van der Waals surface area contributed by atoms with Gasteiger partial charge in [-0.1, -0.05) is 39.5 Å². The molecule has 1 heteroatoms. The van der Waals surface area contributed by atoms with Gasteiger partial charge in [-0.05, 0) is 31.1 Å². The minimum atomic E-state index is 0.876. The van der Waals surface area contributed by atoms with Crippen molar-refractivity contribution in [2.24, 2.45) is 11.8 Å². The predicted molar refractivity (Wildman–Crippen MR) is 61.5 cm³/mol. The summed E-state index contributed by atoms with van der Waals surface area (Å²) in [6.45, 7) is 6.57. The maximum Gasteiger partial charge on any atom is 0.0494 e. The van der Waals surface area contributed by atoms with E-state index in [1.54, 1.807) is 0 Å². The van der Waals surface area contributed by atoms with Gasteiger partial charge in [0.2, 0.25) is 0 Å². The molecule has 1 aliphatic rings. The van der Waals surface area contributed by atoms with Gasteiger partial charge in [0.05, 0.1) is 0 Å². The van der Waals surface area contributed by atoms with Gasteiger partial charge in [0, 0.05) is 13.2 Å². The molecule has 84 valence electrons. The Morgan fingerprint density at radius 1 is 1.07 bits per heavy atom. The SMILES string of the molecule is CCCCCOCC1CCC(CC)C1. The molecule has 0 saturated heterocycles. The molecule has 2 atom stereocenters. The van der Waals surface area contributed by atoms with E-state index in [0.29, 0.717) is 0 Å². The van der Waals surface area contributed by atoms with E-state index in [0.717, 1.165) is 25.0 Å². The van der Waals surface area contributed by atoms with E-state index in [9.17, 15) is 0 Å². The third-order valence-electron chi connectivity index (χ3n) is 3.47. The number of hydrogen-bond acceptors (Lipinski definition) is 1. The smallest absolute Gasteiger partial charge is 0.0494 e. The minimum Gasteiger partial charge on any atom is -0.381 e. The largest absolute Gasteiger partial charge is 0.381 e. The van der Waals surface area contributed by atoms with Crippen molar-refractivity contribution in [3.8, 4) is 0 Å². The molecule has 0 amide bonds. The zero-order valence-corrected chi connectivity index (χ0v) is 9.93. The Hall–Kier alpha value is -0.0400. The molecule has 0 aromatic heterocycles. The molecule has 1 nitrogen and oxygen atoms in total. The van der Waals surface area contributed by atoms with Gasteiger partial charge in [-0.25, -0.2) is 0 Å². The Bertz CT molecular complexity index is 133. The monoisotopic (exact) mass is 198 g/mol. The fourth-order valence-electron chi connectivity index (χ4n) is 2.40. The minimum absolute atomic E-state index is 0.876. The molecule has 0 N–H and O–H groups in total. The molecule has 1 aliphatic carbocycles. The molecule has 1 fully saturated rings. The summed E-state index contributed by atoms with van der Waals surface area (Å²) in [5.74, 6) is 1.88. The van der Waals surface area contributed by atoms with Crippen molar-refractivity contribution in [3.05, 3.63) is 0 Å². The maximum absolute atomic E-state index is 5.71. The topological polar surface area (TPSA) is 9.23 Å². The standard InChI is InChI=1S/C13H26O/c1-3-5-6-9-14-11-13-8-7-12(4-2)10-13/h12-13H,3-11H2,1-2H3. The lowest BCUT2D eigenvalue weighted by Gasteiger charge is -2.10. The van der Waals surface area contributed by atoms with Crippen LogP contribution in [0, 0.1) is 11.8 Å². The maximum atomic E-state index is 5.71. The van der Waals surface area contributed by atoms with Gasteiger partial charge in [0.15, 0.2) is 0 Å². The van der Waals surface area contributed by atoms with E-state index in [4.69, 9.17) is 4.74 Å². The Balaban J connectivity index is 1.92. The van der Waals surface area contributed by atoms with Crippen LogP contribution in [0.1, 0.15) is 58.8 Å². The molecule has 0 heterocycles. The molecule has 0 spiro atoms. The van der Waals surface area contributed by atoms with Crippen LogP contribution in [0.3, 0.4) is 0 Å². The van der Waals surface area contributed by atoms with E-state index >= 15 is 0 Å². The average Bonchev–Trinajstić information content (AvgIpc) is 2.65. The quantitative estimate of drug-likeness (QED) is 0.561. The summed E-state index contributed by atoms with van der Waals surface area (Å²) in [4.78, 5) is 0. The van der Waals surface area contributed by atoms with Crippen molar-refractivity contribution < 1.29 is 4.74 Å². The van der Waals surface area contributed by atoms with Crippen LogP contribution in [0.15, 0.2) is 0 Å². The van der Waals surface area contributed by atoms with Crippen molar-refractivity contribution in [2.45, 2.75) is 58.8 Å². The first-order valence-corrected chi connectivity index (χ1v) is 6.44. The highest BCUT2D eigenvalue weighted by atomic mass is 16.5. The molecule has 14 heavy (non-hydrogen) atoms. The zero-order chi connectivity index (χ0) is 10.2. The van der Waals surface area contributed by atoms with Crippen LogP contribution >= 0.6 is 0 Å². The second kappa shape index (κ2) is 7.28. The lowest BCUT2D eigenvalue weighted by Crippen LogP contribution is -2.07. The molecule has 1 rings (SSSR count). The molecule has 0 aliphatic heterocycles. The molecule has 0 aromatic carbocycles. The van der Waals surface area contributed by atoms with Crippen LogP contribution in [0.25, 0.3) is 0 Å². The first-order valence-electron chi connectivity index (χ1n) is 6.44. The zero-order valence-electron chi connectivity index (χ0n) is 9.93. The number of ether oxygens (including phenoxy) is 1. The van der Waals surface area contributed by atoms with Crippen molar-refractivity contribution in [3.63, 3.8) is 0 Å².